The molecule has 1 atom stereocenters. The number of halogens is 1. The van der Waals surface area contributed by atoms with Gasteiger partial charge in [-0.25, -0.2) is 12.8 Å². The molecule has 0 aliphatic carbocycles. The molecule has 9 heteroatoms. The molecule has 1 N–H and O–H groups in total. The molecule has 3 rings (SSSR count). The van der Waals surface area contributed by atoms with E-state index in [0.29, 0.717) is 24.1 Å². The Balaban J connectivity index is 2.08. The molecule has 39 heavy (non-hydrogen) atoms. The molecule has 0 radical (unpaired) electrons. The Morgan fingerprint density at radius 2 is 1.51 bits per heavy atom. The summed E-state index contributed by atoms with van der Waals surface area (Å²) in [5, 5.41) is 2.86. The predicted octanol–water partition coefficient (Wildman–Crippen LogP) is 4.92. The van der Waals surface area contributed by atoms with Crippen LogP contribution in [0.4, 0.5) is 10.1 Å². The fourth-order valence-electron chi connectivity index (χ4n) is 4.37. The molecule has 0 aromatic heterocycles. The van der Waals surface area contributed by atoms with Crippen LogP contribution in [0.5, 0.6) is 0 Å². The normalized spacial score (nSPS) is 12.2. The lowest BCUT2D eigenvalue weighted by atomic mass is 10.1. The van der Waals surface area contributed by atoms with Crippen molar-refractivity contribution in [3.8, 4) is 0 Å². The van der Waals surface area contributed by atoms with Gasteiger partial charge in [-0.05, 0) is 68.1 Å². The van der Waals surface area contributed by atoms with Gasteiger partial charge in [-0.2, -0.15) is 0 Å². The van der Waals surface area contributed by atoms with Crippen molar-refractivity contribution in [3.05, 3.63) is 95.8 Å². The predicted molar refractivity (Wildman–Crippen MR) is 151 cm³/mol. The highest BCUT2D eigenvalue weighted by atomic mass is 32.2. The first-order valence-electron chi connectivity index (χ1n) is 13.1. The summed E-state index contributed by atoms with van der Waals surface area (Å²) < 4.78 is 42.5. The van der Waals surface area contributed by atoms with Gasteiger partial charge in [0, 0.05) is 12.6 Å². The van der Waals surface area contributed by atoms with Crippen LogP contribution in [0.3, 0.4) is 0 Å². The molecule has 0 heterocycles. The molecule has 0 aliphatic heterocycles. The third-order valence-electron chi connectivity index (χ3n) is 6.33. The number of sulfonamides is 1. The molecule has 2 amide bonds. The van der Waals surface area contributed by atoms with Gasteiger partial charge in [0.05, 0.1) is 10.6 Å². The van der Waals surface area contributed by atoms with E-state index >= 15 is 0 Å². The first kappa shape index (κ1) is 29.8. The van der Waals surface area contributed by atoms with Crippen molar-refractivity contribution >= 4 is 27.5 Å². The van der Waals surface area contributed by atoms with Crippen molar-refractivity contribution in [3.63, 3.8) is 0 Å². The molecular weight excluding hydrogens is 517 g/mol. The maximum Gasteiger partial charge on any atom is 0.264 e. The summed E-state index contributed by atoms with van der Waals surface area (Å²) in [6.07, 6.45) is 0.862. The van der Waals surface area contributed by atoms with E-state index in [-0.39, 0.29) is 23.4 Å². The molecule has 0 fully saturated rings. The van der Waals surface area contributed by atoms with Crippen LogP contribution in [0.15, 0.2) is 83.8 Å². The summed E-state index contributed by atoms with van der Waals surface area (Å²) in [5.41, 5.74) is 1.78. The topological polar surface area (TPSA) is 86.8 Å². The highest BCUT2D eigenvalue weighted by Crippen LogP contribution is 2.28. The number of hydrogen-bond donors (Lipinski definition) is 1. The quantitative estimate of drug-likeness (QED) is 0.345. The van der Waals surface area contributed by atoms with Crippen LogP contribution in [-0.4, -0.2) is 43.8 Å². The maximum absolute atomic E-state index is 14.0. The van der Waals surface area contributed by atoms with E-state index in [1.165, 1.54) is 29.2 Å². The number of nitrogens with zero attached hydrogens (tertiary/aromatic N) is 2. The Morgan fingerprint density at radius 3 is 2.10 bits per heavy atom. The number of rotatable bonds is 12. The Labute approximate surface area is 230 Å². The molecule has 7 nitrogen and oxygen atoms in total. The lowest BCUT2D eigenvalue weighted by molar-refractivity contribution is -0.140. The first-order valence-corrected chi connectivity index (χ1v) is 14.5. The van der Waals surface area contributed by atoms with Crippen LogP contribution in [-0.2, 0) is 32.6 Å². The van der Waals surface area contributed by atoms with Crippen LogP contribution in [0.25, 0.3) is 0 Å². The third-order valence-corrected chi connectivity index (χ3v) is 8.11. The number of carbonyl (C=O) groups is 2. The maximum atomic E-state index is 14.0. The van der Waals surface area contributed by atoms with Crippen LogP contribution in [0, 0.1) is 5.82 Å². The summed E-state index contributed by atoms with van der Waals surface area (Å²) in [6.45, 7) is 6.86. The Kier molecular flexibility index (Phi) is 10.2. The zero-order valence-electron chi connectivity index (χ0n) is 22.8. The molecule has 0 saturated heterocycles. The number of hydrogen-bond acceptors (Lipinski definition) is 4. The smallest absolute Gasteiger partial charge is 0.264 e. The molecule has 0 bridgehead atoms. The summed E-state index contributed by atoms with van der Waals surface area (Å²) in [6, 6.07) is 19.7. The van der Waals surface area contributed by atoms with Crippen LogP contribution in [0.1, 0.15) is 45.2 Å². The van der Waals surface area contributed by atoms with Gasteiger partial charge >= 0.3 is 0 Å². The molecule has 3 aromatic rings. The fraction of sp³-hybridized carbons (Fsp3) is 0.333. The number of aryl methyl sites for hydroxylation is 1. The van der Waals surface area contributed by atoms with Gasteiger partial charge in [-0.3, -0.25) is 13.9 Å². The van der Waals surface area contributed by atoms with Crippen LogP contribution >= 0.6 is 0 Å². The minimum atomic E-state index is -4.13. The molecule has 0 saturated carbocycles. The van der Waals surface area contributed by atoms with Gasteiger partial charge < -0.3 is 10.2 Å². The molecular formula is C30H36FN3O4S. The number of amides is 2. The van der Waals surface area contributed by atoms with E-state index in [4.69, 9.17) is 0 Å². The molecule has 3 aromatic carbocycles. The SMILES string of the molecule is CCc1ccccc1N(CC(=O)N(Cc1ccc(F)cc1)[C@@H](CC)C(=O)NC(C)C)S(=O)(=O)c1ccccc1. The zero-order valence-corrected chi connectivity index (χ0v) is 23.6. The van der Waals surface area contributed by atoms with Gasteiger partial charge in [0.2, 0.25) is 11.8 Å². The van der Waals surface area contributed by atoms with Gasteiger partial charge in [-0.15, -0.1) is 0 Å². The number of nitrogens with one attached hydrogen (secondary N) is 1. The lowest BCUT2D eigenvalue weighted by Crippen LogP contribution is -2.53. The van der Waals surface area contributed by atoms with Crippen molar-refractivity contribution < 1.29 is 22.4 Å². The van der Waals surface area contributed by atoms with Crippen molar-refractivity contribution in [2.24, 2.45) is 0 Å². The Hall–Kier alpha value is -3.72. The average Bonchev–Trinajstić information content (AvgIpc) is 2.92. The fourth-order valence-corrected chi connectivity index (χ4v) is 5.85. The van der Waals surface area contributed by atoms with Gasteiger partial charge in [0.15, 0.2) is 0 Å². The van der Waals surface area contributed by atoms with Crippen molar-refractivity contribution in [2.75, 3.05) is 10.8 Å². The third kappa shape index (κ3) is 7.44. The average molecular weight is 554 g/mol. The van der Waals surface area contributed by atoms with Crippen molar-refractivity contribution in [1.82, 2.24) is 10.2 Å². The minimum Gasteiger partial charge on any atom is -0.352 e. The highest BCUT2D eigenvalue weighted by molar-refractivity contribution is 7.92. The van der Waals surface area contributed by atoms with Crippen molar-refractivity contribution in [1.29, 1.82) is 0 Å². The van der Waals surface area contributed by atoms with E-state index in [1.807, 2.05) is 32.9 Å². The van der Waals surface area contributed by atoms with Gasteiger partial charge in [-0.1, -0.05) is 62.4 Å². The van der Waals surface area contributed by atoms with Gasteiger partial charge in [0.25, 0.3) is 10.0 Å². The van der Waals surface area contributed by atoms with E-state index in [2.05, 4.69) is 5.32 Å². The standard InChI is InChI=1S/C30H36FN3O4S/c1-5-24-12-10-11-15-28(24)34(39(37,38)26-13-8-7-9-14-26)21-29(35)33(20-23-16-18-25(31)19-17-23)27(6-2)30(36)32-22(3)4/h7-19,22,27H,5-6,20-21H2,1-4H3,(H,32,36)/t27-/m0/s1. The van der Waals surface area contributed by atoms with E-state index < -0.39 is 34.3 Å². The van der Waals surface area contributed by atoms with Gasteiger partial charge in [0.1, 0.15) is 18.4 Å². The first-order chi connectivity index (χ1) is 18.6. The molecule has 0 aliphatic rings. The van der Waals surface area contributed by atoms with E-state index in [9.17, 15) is 22.4 Å². The number of anilines is 1. The second-order valence-electron chi connectivity index (χ2n) is 9.54. The summed E-state index contributed by atoms with van der Waals surface area (Å²) >= 11 is 0. The van der Waals surface area contributed by atoms with E-state index in [0.717, 1.165) is 9.87 Å². The monoisotopic (exact) mass is 553 g/mol. The number of carbonyl (C=O) groups excluding carboxylic acids is 2. The Morgan fingerprint density at radius 1 is 0.897 bits per heavy atom. The van der Waals surface area contributed by atoms with Crippen molar-refractivity contribution in [2.45, 2.75) is 64.1 Å². The largest absolute Gasteiger partial charge is 0.352 e. The summed E-state index contributed by atoms with van der Waals surface area (Å²) in [5.74, 6) is -1.30. The minimum absolute atomic E-state index is 0.0117. The second kappa shape index (κ2) is 13.4. The van der Waals surface area contributed by atoms with E-state index in [1.54, 1.807) is 49.4 Å². The van der Waals surface area contributed by atoms with Crippen LogP contribution in [0.2, 0.25) is 0 Å². The highest BCUT2D eigenvalue weighted by Gasteiger charge is 2.34. The Bertz CT molecular complexity index is 1360. The summed E-state index contributed by atoms with van der Waals surface area (Å²) in [7, 11) is -4.13. The molecule has 0 unspecified atom stereocenters. The van der Waals surface area contributed by atoms with Crippen LogP contribution < -0.4 is 9.62 Å². The molecule has 208 valence electrons. The molecule has 0 spiro atoms. The number of benzene rings is 3. The zero-order chi connectivity index (χ0) is 28.6. The number of para-hydroxylation sites is 1. The lowest BCUT2D eigenvalue weighted by Gasteiger charge is -2.34. The second-order valence-corrected chi connectivity index (χ2v) is 11.4. The summed E-state index contributed by atoms with van der Waals surface area (Å²) in [4.78, 5) is 28.6.